The first-order valence-corrected chi connectivity index (χ1v) is 9.12. The molecule has 4 heterocycles. The standard InChI is InChI=1S/C19H21N7O2/c1-12-15(14-4-2-11-28-14)25-17(20)16(23-12)18(27)24-13-5-9-26(10-6-13)19-21-7-3-8-22-19/h2-4,7-8,11,13H,5-6,9-10H2,1H3,(H2,20,25)(H,24,27). The van der Waals surface area contributed by atoms with Gasteiger partial charge in [-0.05, 0) is 38.0 Å². The summed E-state index contributed by atoms with van der Waals surface area (Å²) < 4.78 is 5.35. The molecule has 9 heteroatoms. The first-order valence-electron chi connectivity index (χ1n) is 9.12. The Kier molecular flexibility index (Phi) is 4.88. The van der Waals surface area contributed by atoms with Gasteiger partial charge in [-0.1, -0.05) is 0 Å². The normalized spacial score (nSPS) is 14.8. The monoisotopic (exact) mass is 379 g/mol. The molecular formula is C19H21N7O2. The number of amides is 1. The maximum absolute atomic E-state index is 12.7. The summed E-state index contributed by atoms with van der Waals surface area (Å²) in [4.78, 5) is 32.0. The van der Waals surface area contributed by atoms with Crippen molar-refractivity contribution in [3.05, 3.63) is 48.2 Å². The van der Waals surface area contributed by atoms with Gasteiger partial charge in [-0.3, -0.25) is 4.79 Å². The van der Waals surface area contributed by atoms with Crippen LogP contribution in [0.15, 0.2) is 41.3 Å². The summed E-state index contributed by atoms with van der Waals surface area (Å²) >= 11 is 0. The van der Waals surface area contributed by atoms with Crippen molar-refractivity contribution in [1.29, 1.82) is 0 Å². The third-order valence-corrected chi connectivity index (χ3v) is 4.73. The van der Waals surface area contributed by atoms with Crippen LogP contribution in [-0.2, 0) is 0 Å². The van der Waals surface area contributed by atoms with Crippen LogP contribution in [0.3, 0.4) is 0 Å². The van der Waals surface area contributed by atoms with Crippen LogP contribution in [0.4, 0.5) is 11.8 Å². The molecule has 0 unspecified atom stereocenters. The minimum atomic E-state index is -0.312. The predicted molar refractivity (Wildman–Crippen MR) is 104 cm³/mol. The van der Waals surface area contributed by atoms with Crippen molar-refractivity contribution in [3.8, 4) is 11.5 Å². The number of rotatable bonds is 4. The number of anilines is 2. The van der Waals surface area contributed by atoms with Gasteiger partial charge in [0.15, 0.2) is 17.3 Å². The molecule has 1 saturated heterocycles. The van der Waals surface area contributed by atoms with Crippen LogP contribution in [0.25, 0.3) is 11.5 Å². The number of piperidine rings is 1. The third-order valence-electron chi connectivity index (χ3n) is 4.73. The second kappa shape index (κ2) is 7.63. The lowest BCUT2D eigenvalue weighted by atomic mass is 10.1. The number of furan rings is 1. The smallest absolute Gasteiger partial charge is 0.273 e. The molecule has 1 aliphatic heterocycles. The van der Waals surface area contributed by atoms with E-state index in [1.54, 1.807) is 43.8 Å². The Morgan fingerprint density at radius 3 is 2.64 bits per heavy atom. The van der Waals surface area contributed by atoms with E-state index in [-0.39, 0.29) is 23.5 Å². The molecule has 3 aromatic rings. The summed E-state index contributed by atoms with van der Waals surface area (Å²) in [6.07, 6.45) is 6.60. The average molecular weight is 379 g/mol. The molecule has 1 fully saturated rings. The molecule has 0 aromatic carbocycles. The van der Waals surface area contributed by atoms with Gasteiger partial charge in [-0.15, -0.1) is 0 Å². The quantitative estimate of drug-likeness (QED) is 0.703. The fraction of sp³-hybridized carbons (Fsp3) is 0.316. The number of nitrogens with zero attached hydrogens (tertiary/aromatic N) is 5. The molecule has 0 spiro atoms. The largest absolute Gasteiger partial charge is 0.463 e. The molecule has 3 aromatic heterocycles. The molecule has 0 saturated carbocycles. The number of aromatic nitrogens is 4. The zero-order valence-electron chi connectivity index (χ0n) is 15.5. The van der Waals surface area contributed by atoms with Crippen LogP contribution in [0.2, 0.25) is 0 Å². The number of carbonyl (C=O) groups excluding carboxylic acids is 1. The highest BCUT2D eigenvalue weighted by molar-refractivity contribution is 5.96. The van der Waals surface area contributed by atoms with Gasteiger partial charge in [0.25, 0.3) is 5.91 Å². The number of hydrogen-bond donors (Lipinski definition) is 2. The Balaban J connectivity index is 1.41. The molecular weight excluding hydrogens is 358 g/mol. The van der Waals surface area contributed by atoms with E-state index in [0.29, 0.717) is 23.1 Å². The van der Waals surface area contributed by atoms with Gasteiger partial charge in [0.2, 0.25) is 5.95 Å². The molecule has 1 aliphatic rings. The van der Waals surface area contributed by atoms with Gasteiger partial charge in [0.05, 0.1) is 12.0 Å². The molecule has 9 nitrogen and oxygen atoms in total. The van der Waals surface area contributed by atoms with E-state index in [2.05, 4.69) is 30.2 Å². The molecule has 4 rings (SSSR count). The molecule has 28 heavy (non-hydrogen) atoms. The Bertz CT molecular complexity index is 952. The van der Waals surface area contributed by atoms with E-state index < -0.39 is 0 Å². The lowest BCUT2D eigenvalue weighted by Gasteiger charge is -2.32. The fourth-order valence-corrected chi connectivity index (χ4v) is 3.28. The highest BCUT2D eigenvalue weighted by atomic mass is 16.3. The Morgan fingerprint density at radius 1 is 1.21 bits per heavy atom. The highest BCUT2D eigenvalue weighted by Gasteiger charge is 2.25. The van der Waals surface area contributed by atoms with Crippen LogP contribution < -0.4 is 16.0 Å². The molecule has 0 bridgehead atoms. The SMILES string of the molecule is Cc1nc(C(=O)NC2CCN(c3ncccn3)CC2)c(N)nc1-c1ccco1. The predicted octanol–water partition coefficient (Wildman–Crippen LogP) is 1.82. The minimum absolute atomic E-state index is 0.0405. The van der Waals surface area contributed by atoms with Crippen LogP contribution in [0.5, 0.6) is 0 Å². The lowest BCUT2D eigenvalue weighted by molar-refractivity contribution is 0.0926. The van der Waals surface area contributed by atoms with Gasteiger partial charge in [-0.25, -0.2) is 19.9 Å². The minimum Gasteiger partial charge on any atom is -0.463 e. The number of carbonyl (C=O) groups is 1. The van der Waals surface area contributed by atoms with Gasteiger partial charge >= 0.3 is 0 Å². The second-order valence-electron chi connectivity index (χ2n) is 6.65. The van der Waals surface area contributed by atoms with Crippen molar-refractivity contribution in [2.24, 2.45) is 0 Å². The average Bonchev–Trinajstić information content (AvgIpc) is 3.25. The van der Waals surface area contributed by atoms with E-state index in [1.807, 2.05) is 0 Å². The lowest BCUT2D eigenvalue weighted by Crippen LogP contribution is -2.45. The second-order valence-corrected chi connectivity index (χ2v) is 6.65. The summed E-state index contributed by atoms with van der Waals surface area (Å²) in [6.45, 7) is 3.32. The molecule has 3 N–H and O–H groups in total. The first-order chi connectivity index (χ1) is 13.6. The van der Waals surface area contributed by atoms with E-state index in [1.165, 1.54) is 0 Å². The van der Waals surface area contributed by atoms with Gasteiger partial charge < -0.3 is 20.4 Å². The topological polar surface area (TPSA) is 123 Å². The van der Waals surface area contributed by atoms with Gasteiger partial charge in [0.1, 0.15) is 5.69 Å². The summed E-state index contributed by atoms with van der Waals surface area (Å²) in [7, 11) is 0. The molecule has 0 aliphatic carbocycles. The number of nitrogen functional groups attached to an aromatic ring is 1. The zero-order chi connectivity index (χ0) is 19.5. The highest BCUT2D eigenvalue weighted by Crippen LogP contribution is 2.23. The van der Waals surface area contributed by atoms with E-state index in [4.69, 9.17) is 10.2 Å². The number of nitrogens with one attached hydrogen (secondary N) is 1. The van der Waals surface area contributed by atoms with Crippen molar-refractivity contribution in [2.45, 2.75) is 25.8 Å². The Hall–Kier alpha value is -3.49. The van der Waals surface area contributed by atoms with Crippen LogP contribution in [0, 0.1) is 6.92 Å². The van der Waals surface area contributed by atoms with Crippen molar-refractivity contribution >= 4 is 17.7 Å². The van der Waals surface area contributed by atoms with Crippen LogP contribution in [-0.4, -0.2) is 45.0 Å². The Morgan fingerprint density at radius 2 is 1.96 bits per heavy atom. The van der Waals surface area contributed by atoms with Crippen molar-refractivity contribution < 1.29 is 9.21 Å². The number of nitrogens with two attached hydrogens (primary N) is 1. The summed E-state index contributed by atoms with van der Waals surface area (Å²) in [5.41, 5.74) is 7.27. The van der Waals surface area contributed by atoms with Crippen molar-refractivity contribution in [3.63, 3.8) is 0 Å². The maximum atomic E-state index is 12.7. The van der Waals surface area contributed by atoms with Crippen LogP contribution in [0.1, 0.15) is 29.0 Å². The first kappa shape index (κ1) is 17.9. The van der Waals surface area contributed by atoms with Gasteiger partial charge in [0, 0.05) is 31.5 Å². The molecule has 144 valence electrons. The molecule has 1 amide bonds. The fourth-order valence-electron chi connectivity index (χ4n) is 3.28. The number of aryl methyl sites for hydroxylation is 1. The van der Waals surface area contributed by atoms with Crippen molar-refractivity contribution in [1.82, 2.24) is 25.3 Å². The summed E-state index contributed by atoms with van der Waals surface area (Å²) in [5, 5.41) is 3.02. The maximum Gasteiger partial charge on any atom is 0.273 e. The van der Waals surface area contributed by atoms with E-state index in [9.17, 15) is 4.79 Å². The Labute approximate surface area is 162 Å². The van der Waals surface area contributed by atoms with Gasteiger partial charge in [-0.2, -0.15) is 0 Å². The summed E-state index contributed by atoms with van der Waals surface area (Å²) in [6, 6.07) is 5.38. The van der Waals surface area contributed by atoms with E-state index in [0.717, 1.165) is 25.9 Å². The zero-order valence-corrected chi connectivity index (χ0v) is 15.5. The number of hydrogen-bond acceptors (Lipinski definition) is 8. The van der Waals surface area contributed by atoms with Crippen LogP contribution >= 0.6 is 0 Å². The molecule has 0 atom stereocenters. The molecule has 0 radical (unpaired) electrons. The third kappa shape index (κ3) is 3.64. The van der Waals surface area contributed by atoms with Crippen molar-refractivity contribution in [2.75, 3.05) is 23.7 Å². The van der Waals surface area contributed by atoms with E-state index >= 15 is 0 Å². The summed E-state index contributed by atoms with van der Waals surface area (Å²) in [5.74, 6) is 1.06.